The van der Waals surface area contributed by atoms with Gasteiger partial charge in [-0.15, -0.1) is 0 Å². The van der Waals surface area contributed by atoms with E-state index in [1.165, 1.54) is 6.07 Å². The number of benzene rings is 2. The molecule has 5 rings (SSSR count). The molecule has 9 nitrogen and oxygen atoms in total. The maximum absolute atomic E-state index is 14.4. The summed E-state index contributed by atoms with van der Waals surface area (Å²) in [6.07, 6.45) is 3.66. The second-order valence-corrected chi connectivity index (χ2v) is 9.60. The number of amides is 1. The largest absolute Gasteiger partial charge is 0.357 e. The minimum absolute atomic E-state index is 0.225. The zero-order valence-electron chi connectivity index (χ0n) is 23.0. The first kappa shape index (κ1) is 28.6. The summed E-state index contributed by atoms with van der Waals surface area (Å²) in [5, 5.41) is 7.37. The molecule has 1 unspecified atom stereocenters. The van der Waals surface area contributed by atoms with Crippen LogP contribution in [0.2, 0.25) is 0 Å². The van der Waals surface area contributed by atoms with Crippen molar-refractivity contribution in [3.05, 3.63) is 88.9 Å². The normalized spacial score (nSPS) is 15.4. The standard InChI is InChI=1S/C30H33F2N5O4/c1-3-39-30(40-4-2)27-22(17-19-11-6-5-7-12-19)33-28(35-27)26-23(18-37(36-26)24-15-8-9-16-41-24)34-29(38)25-20(31)13-10-14-21(25)32/h5-7,10-14,18,24,30H,3-4,8-9,15-17H2,1-2H3,(H,33,35)(H,34,38). The van der Waals surface area contributed by atoms with Crippen LogP contribution in [0.4, 0.5) is 14.5 Å². The Labute approximate surface area is 236 Å². The van der Waals surface area contributed by atoms with E-state index in [0.717, 1.165) is 42.7 Å². The molecule has 216 valence electrons. The van der Waals surface area contributed by atoms with Gasteiger partial charge in [-0.25, -0.2) is 18.4 Å². The summed E-state index contributed by atoms with van der Waals surface area (Å²) in [7, 11) is 0. The molecule has 0 spiro atoms. The Morgan fingerprint density at radius 1 is 1.10 bits per heavy atom. The molecule has 2 aromatic heterocycles. The predicted octanol–water partition coefficient (Wildman–Crippen LogP) is 6.17. The molecule has 0 radical (unpaired) electrons. The van der Waals surface area contributed by atoms with Crippen LogP contribution in [0.15, 0.2) is 54.7 Å². The van der Waals surface area contributed by atoms with Crippen molar-refractivity contribution >= 4 is 11.6 Å². The Morgan fingerprint density at radius 3 is 2.49 bits per heavy atom. The number of carbonyl (C=O) groups excluding carboxylic acids is 1. The molecule has 2 aromatic carbocycles. The van der Waals surface area contributed by atoms with Gasteiger partial charge in [0, 0.05) is 31.9 Å². The lowest BCUT2D eigenvalue weighted by Crippen LogP contribution is -2.18. The number of hydrogen-bond donors (Lipinski definition) is 2. The van der Waals surface area contributed by atoms with E-state index in [4.69, 9.17) is 24.3 Å². The highest BCUT2D eigenvalue weighted by Crippen LogP contribution is 2.33. The third-order valence-electron chi connectivity index (χ3n) is 6.74. The van der Waals surface area contributed by atoms with Crippen LogP contribution in [0.5, 0.6) is 0 Å². The lowest BCUT2D eigenvalue weighted by Gasteiger charge is -2.22. The number of hydrogen-bond acceptors (Lipinski definition) is 6. The van der Waals surface area contributed by atoms with Gasteiger partial charge in [0.1, 0.15) is 29.1 Å². The molecule has 4 aromatic rings. The fourth-order valence-electron chi connectivity index (χ4n) is 4.81. The van der Waals surface area contributed by atoms with Gasteiger partial charge in [-0.2, -0.15) is 5.10 Å². The first-order chi connectivity index (χ1) is 20.0. The number of rotatable bonds is 11. The van der Waals surface area contributed by atoms with Crippen LogP contribution in [0, 0.1) is 11.6 Å². The Kier molecular flexibility index (Phi) is 9.17. The number of H-pyrrole nitrogens is 1. The number of imidazole rings is 1. The Bertz CT molecular complexity index is 1440. The number of nitrogens with one attached hydrogen (secondary N) is 2. The van der Waals surface area contributed by atoms with Gasteiger partial charge in [0.15, 0.2) is 11.5 Å². The minimum Gasteiger partial charge on any atom is -0.357 e. The Hall–Kier alpha value is -3.93. The molecule has 1 atom stereocenters. The number of carbonyl (C=O) groups is 1. The van der Waals surface area contributed by atoms with Crippen molar-refractivity contribution in [3.63, 3.8) is 0 Å². The zero-order valence-corrected chi connectivity index (χ0v) is 23.0. The Morgan fingerprint density at radius 2 is 1.83 bits per heavy atom. The van der Waals surface area contributed by atoms with E-state index < -0.39 is 29.4 Å². The third kappa shape index (κ3) is 6.53. The molecule has 1 aliphatic rings. The van der Waals surface area contributed by atoms with E-state index in [2.05, 4.69) is 10.3 Å². The molecule has 2 N–H and O–H groups in total. The van der Waals surface area contributed by atoms with Gasteiger partial charge in [-0.1, -0.05) is 36.4 Å². The fourth-order valence-corrected chi connectivity index (χ4v) is 4.81. The van der Waals surface area contributed by atoms with E-state index in [1.807, 2.05) is 44.2 Å². The maximum atomic E-state index is 14.4. The summed E-state index contributed by atoms with van der Waals surface area (Å²) < 4.78 is 48.1. The molecular weight excluding hydrogens is 532 g/mol. The van der Waals surface area contributed by atoms with Gasteiger partial charge < -0.3 is 24.5 Å². The highest BCUT2D eigenvalue weighted by Gasteiger charge is 2.28. The smallest absolute Gasteiger partial charge is 0.261 e. The molecule has 0 bridgehead atoms. The molecule has 11 heteroatoms. The van der Waals surface area contributed by atoms with Crippen molar-refractivity contribution in [2.45, 2.75) is 52.0 Å². The average Bonchev–Trinajstić information content (AvgIpc) is 3.58. The van der Waals surface area contributed by atoms with Gasteiger partial charge in [0.2, 0.25) is 6.29 Å². The average molecular weight is 566 g/mol. The van der Waals surface area contributed by atoms with E-state index in [0.29, 0.717) is 37.8 Å². The summed E-state index contributed by atoms with van der Waals surface area (Å²) in [6, 6.07) is 13.1. The van der Waals surface area contributed by atoms with Gasteiger partial charge in [-0.3, -0.25) is 4.79 Å². The lowest BCUT2D eigenvalue weighted by atomic mass is 10.1. The lowest BCUT2D eigenvalue weighted by molar-refractivity contribution is -0.142. The van der Waals surface area contributed by atoms with Crippen LogP contribution in [-0.4, -0.2) is 45.5 Å². The molecule has 0 aliphatic carbocycles. The van der Waals surface area contributed by atoms with Crippen molar-refractivity contribution in [2.75, 3.05) is 25.1 Å². The number of ether oxygens (including phenoxy) is 3. The van der Waals surface area contributed by atoms with E-state index in [1.54, 1.807) is 10.9 Å². The number of aromatic amines is 1. The number of anilines is 1. The van der Waals surface area contributed by atoms with Crippen molar-refractivity contribution in [3.8, 4) is 11.5 Å². The van der Waals surface area contributed by atoms with Gasteiger partial charge in [0.05, 0.1) is 11.9 Å². The van der Waals surface area contributed by atoms with E-state index in [-0.39, 0.29) is 17.6 Å². The third-order valence-corrected chi connectivity index (χ3v) is 6.74. The molecule has 3 heterocycles. The molecular formula is C30H33F2N5O4. The van der Waals surface area contributed by atoms with Crippen LogP contribution in [-0.2, 0) is 20.6 Å². The van der Waals surface area contributed by atoms with Crippen LogP contribution in [0.3, 0.4) is 0 Å². The quantitative estimate of drug-likeness (QED) is 0.211. The fraction of sp³-hybridized carbons (Fsp3) is 0.367. The number of nitrogens with zero attached hydrogens (tertiary/aromatic N) is 3. The molecule has 1 aliphatic heterocycles. The number of halogens is 2. The molecule has 41 heavy (non-hydrogen) atoms. The highest BCUT2D eigenvalue weighted by molar-refractivity contribution is 6.06. The second kappa shape index (κ2) is 13.2. The van der Waals surface area contributed by atoms with Crippen LogP contribution in [0.25, 0.3) is 11.5 Å². The number of aromatic nitrogens is 4. The summed E-state index contributed by atoms with van der Waals surface area (Å²) in [4.78, 5) is 21.3. The topological polar surface area (TPSA) is 103 Å². The molecule has 1 fully saturated rings. The minimum atomic E-state index is -0.964. The molecule has 0 saturated carbocycles. The molecule has 1 amide bonds. The summed E-state index contributed by atoms with van der Waals surface area (Å²) in [6.45, 7) is 5.13. The first-order valence-electron chi connectivity index (χ1n) is 13.8. The zero-order chi connectivity index (χ0) is 28.8. The maximum Gasteiger partial charge on any atom is 0.261 e. The SMILES string of the molecule is CCOC(OCC)c1nc(-c2nn(C3CCCCO3)cc2NC(=O)c2c(F)cccc2F)[nH]c1Cc1ccccc1. The van der Waals surface area contributed by atoms with Crippen molar-refractivity contribution in [1.29, 1.82) is 0 Å². The van der Waals surface area contributed by atoms with Crippen LogP contribution >= 0.6 is 0 Å². The summed E-state index contributed by atoms with van der Waals surface area (Å²) in [5.41, 5.74) is 2.17. The second-order valence-electron chi connectivity index (χ2n) is 9.60. The first-order valence-corrected chi connectivity index (χ1v) is 13.8. The monoisotopic (exact) mass is 565 g/mol. The van der Waals surface area contributed by atoms with Crippen molar-refractivity contribution < 1.29 is 27.8 Å². The summed E-state index contributed by atoms with van der Waals surface area (Å²) in [5.74, 6) is -2.53. The molecule has 1 saturated heterocycles. The van der Waals surface area contributed by atoms with E-state index >= 15 is 0 Å². The van der Waals surface area contributed by atoms with E-state index in [9.17, 15) is 13.6 Å². The van der Waals surface area contributed by atoms with Gasteiger partial charge >= 0.3 is 0 Å². The van der Waals surface area contributed by atoms with Gasteiger partial charge in [-0.05, 0) is 50.8 Å². The Balaban J connectivity index is 1.58. The highest BCUT2D eigenvalue weighted by atomic mass is 19.1. The van der Waals surface area contributed by atoms with Gasteiger partial charge in [0.25, 0.3) is 5.91 Å². The van der Waals surface area contributed by atoms with Crippen molar-refractivity contribution in [2.24, 2.45) is 0 Å². The predicted molar refractivity (Wildman–Crippen MR) is 148 cm³/mol. The van der Waals surface area contributed by atoms with Crippen molar-refractivity contribution in [1.82, 2.24) is 19.7 Å². The van der Waals surface area contributed by atoms with Crippen LogP contribution < -0.4 is 5.32 Å². The van der Waals surface area contributed by atoms with Crippen LogP contribution in [0.1, 0.15) is 72.9 Å². The summed E-state index contributed by atoms with van der Waals surface area (Å²) >= 11 is 0.